The van der Waals surface area contributed by atoms with Crippen molar-refractivity contribution in [2.75, 3.05) is 6.54 Å². The average molecular weight is 353 g/mol. The lowest BCUT2D eigenvalue weighted by Crippen LogP contribution is -2.32. The molecule has 3 aromatic rings. The van der Waals surface area contributed by atoms with Crippen LogP contribution in [0, 0.1) is 0 Å². The molecule has 7 nitrogen and oxygen atoms in total. The number of rotatable bonds is 4. The number of para-hydroxylation sites is 1. The van der Waals surface area contributed by atoms with Gasteiger partial charge in [0.2, 0.25) is 5.91 Å². The van der Waals surface area contributed by atoms with Crippen molar-refractivity contribution in [3.63, 3.8) is 0 Å². The molecule has 0 unspecified atom stereocenters. The molecular formula is C19H23N5O2. The first-order valence-corrected chi connectivity index (χ1v) is 9.10. The molecule has 7 heteroatoms. The van der Waals surface area contributed by atoms with Gasteiger partial charge in [-0.05, 0) is 25.0 Å². The number of aromatic nitrogens is 4. The molecule has 0 radical (unpaired) electrons. The number of hydrogen-bond acceptors (Lipinski definition) is 4. The predicted molar refractivity (Wildman–Crippen MR) is 97.3 cm³/mol. The van der Waals surface area contributed by atoms with Gasteiger partial charge in [-0.2, -0.15) is 10.2 Å². The number of fused-ring (bicyclic) bond motifs is 2. The van der Waals surface area contributed by atoms with Crippen molar-refractivity contribution < 1.29 is 9.90 Å². The molecule has 1 aromatic carbocycles. The van der Waals surface area contributed by atoms with Gasteiger partial charge in [0.25, 0.3) is 0 Å². The molecule has 136 valence electrons. The van der Waals surface area contributed by atoms with Crippen LogP contribution in [0.15, 0.2) is 30.3 Å². The van der Waals surface area contributed by atoms with E-state index in [4.69, 9.17) is 0 Å². The molecule has 1 aliphatic rings. The zero-order valence-corrected chi connectivity index (χ0v) is 14.9. The third-order valence-electron chi connectivity index (χ3n) is 4.98. The van der Waals surface area contributed by atoms with Gasteiger partial charge in [-0.3, -0.25) is 14.6 Å². The summed E-state index contributed by atoms with van der Waals surface area (Å²) in [5.41, 5.74) is 3.40. The quantitative estimate of drug-likeness (QED) is 0.753. The van der Waals surface area contributed by atoms with Crippen molar-refractivity contribution in [1.82, 2.24) is 24.9 Å². The summed E-state index contributed by atoms with van der Waals surface area (Å²) in [6, 6.07) is 9.73. The van der Waals surface area contributed by atoms with Gasteiger partial charge in [0.15, 0.2) is 0 Å². The lowest BCUT2D eigenvalue weighted by molar-refractivity contribution is -0.131. The lowest BCUT2D eigenvalue weighted by atomic mass is 10.1. The number of amides is 1. The standard InChI is InChI=1S/C19H23N5O2/c1-2-18(25)17-10-13-12-23(8-5-9-24(13)22-17)19(26)11-16-14-6-3-4-7-15(14)20-21-16/h3-4,6-7,10,18,25H,2,5,8-9,11-12H2,1H3,(H,20,21)/t18-/m0/s1. The summed E-state index contributed by atoms with van der Waals surface area (Å²) >= 11 is 0. The summed E-state index contributed by atoms with van der Waals surface area (Å²) in [7, 11) is 0. The van der Waals surface area contributed by atoms with Gasteiger partial charge >= 0.3 is 0 Å². The molecule has 1 atom stereocenters. The number of aryl methyl sites for hydroxylation is 1. The summed E-state index contributed by atoms with van der Waals surface area (Å²) in [5.74, 6) is 0.0756. The number of aromatic amines is 1. The molecule has 2 aromatic heterocycles. The third-order valence-corrected chi connectivity index (χ3v) is 4.98. The van der Waals surface area contributed by atoms with E-state index in [1.54, 1.807) is 0 Å². The molecule has 0 fully saturated rings. The molecule has 0 aliphatic carbocycles. The second kappa shape index (κ2) is 6.92. The van der Waals surface area contributed by atoms with Gasteiger partial charge in [0.1, 0.15) is 0 Å². The van der Waals surface area contributed by atoms with E-state index < -0.39 is 6.10 Å². The summed E-state index contributed by atoms with van der Waals surface area (Å²) in [6.07, 6.45) is 1.24. The van der Waals surface area contributed by atoms with Crippen molar-refractivity contribution in [3.05, 3.63) is 47.4 Å². The maximum absolute atomic E-state index is 12.9. The van der Waals surface area contributed by atoms with E-state index in [2.05, 4.69) is 15.3 Å². The Balaban J connectivity index is 1.52. The van der Waals surface area contributed by atoms with Crippen LogP contribution in [0.1, 0.15) is 43.0 Å². The number of H-pyrrole nitrogens is 1. The third kappa shape index (κ3) is 3.10. The highest BCUT2D eigenvalue weighted by molar-refractivity contribution is 5.87. The minimum atomic E-state index is -0.546. The number of hydrogen-bond donors (Lipinski definition) is 2. The fourth-order valence-corrected chi connectivity index (χ4v) is 3.48. The van der Waals surface area contributed by atoms with Crippen LogP contribution >= 0.6 is 0 Å². The summed E-state index contributed by atoms with van der Waals surface area (Å²) in [6.45, 7) is 3.93. The minimum Gasteiger partial charge on any atom is -0.387 e. The van der Waals surface area contributed by atoms with Crippen LogP contribution in [-0.4, -0.2) is 42.4 Å². The fraction of sp³-hybridized carbons (Fsp3) is 0.421. The molecule has 4 rings (SSSR count). The zero-order valence-electron chi connectivity index (χ0n) is 14.9. The maximum atomic E-state index is 12.9. The Hall–Kier alpha value is -2.67. The number of aliphatic hydroxyl groups excluding tert-OH is 1. The number of benzene rings is 1. The van der Waals surface area contributed by atoms with Crippen LogP contribution in [-0.2, 0) is 24.3 Å². The SMILES string of the molecule is CC[C@H](O)c1cc2n(n1)CCCN(C(=O)Cc1[nH]nc3ccccc13)C2. The van der Waals surface area contributed by atoms with Crippen LogP contribution in [0.3, 0.4) is 0 Å². The van der Waals surface area contributed by atoms with Gasteiger partial charge < -0.3 is 10.0 Å². The first-order valence-electron chi connectivity index (χ1n) is 9.10. The van der Waals surface area contributed by atoms with E-state index in [0.29, 0.717) is 31.6 Å². The van der Waals surface area contributed by atoms with Crippen molar-refractivity contribution in [2.45, 2.75) is 45.4 Å². The topological polar surface area (TPSA) is 87.0 Å². The Kier molecular flexibility index (Phi) is 4.46. The highest BCUT2D eigenvalue weighted by Gasteiger charge is 2.23. The first kappa shape index (κ1) is 16.8. The summed E-state index contributed by atoms with van der Waals surface area (Å²) in [5, 5.41) is 22.8. The van der Waals surface area contributed by atoms with Crippen LogP contribution in [0.25, 0.3) is 10.9 Å². The van der Waals surface area contributed by atoms with Crippen LogP contribution in [0.5, 0.6) is 0 Å². The van der Waals surface area contributed by atoms with Crippen molar-refractivity contribution in [1.29, 1.82) is 0 Å². The van der Waals surface area contributed by atoms with Gasteiger partial charge in [0, 0.05) is 18.5 Å². The largest absolute Gasteiger partial charge is 0.387 e. The summed E-state index contributed by atoms with van der Waals surface area (Å²) in [4.78, 5) is 14.7. The number of aliphatic hydroxyl groups is 1. The molecule has 0 spiro atoms. The van der Waals surface area contributed by atoms with Crippen molar-refractivity contribution >= 4 is 16.8 Å². The van der Waals surface area contributed by atoms with Gasteiger partial charge in [0.05, 0.1) is 41.7 Å². The second-order valence-corrected chi connectivity index (χ2v) is 6.77. The molecule has 0 saturated heterocycles. The highest BCUT2D eigenvalue weighted by Crippen LogP contribution is 2.21. The smallest absolute Gasteiger partial charge is 0.228 e. The van der Waals surface area contributed by atoms with Gasteiger partial charge in [-0.15, -0.1) is 0 Å². The molecule has 1 aliphatic heterocycles. The molecule has 3 heterocycles. The van der Waals surface area contributed by atoms with E-state index in [1.165, 1.54) is 0 Å². The van der Waals surface area contributed by atoms with Crippen LogP contribution < -0.4 is 0 Å². The number of nitrogens with zero attached hydrogens (tertiary/aromatic N) is 4. The fourth-order valence-electron chi connectivity index (χ4n) is 3.48. The van der Waals surface area contributed by atoms with E-state index in [9.17, 15) is 9.90 Å². The Labute approximate surface area is 151 Å². The molecule has 26 heavy (non-hydrogen) atoms. The monoisotopic (exact) mass is 353 g/mol. The highest BCUT2D eigenvalue weighted by atomic mass is 16.3. The second-order valence-electron chi connectivity index (χ2n) is 6.77. The van der Waals surface area contributed by atoms with Crippen molar-refractivity contribution in [2.24, 2.45) is 0 Å². The van der Waals surface area contributed by atoms with Crippen LogP contribution in [0.2, 0.25) is 0 Å². The normalized spacial score (nSPS) is 15.7. The Morgan fingerprint density at radius 3 is 3.04 bits per heavy atom. The van der Waals surface area contributed by atoms with Crippen LogP contribution in [0.4, 0.5) is 0 Å². The lowest BCUT2D eigenvalue weighted by Gasteiger charge is -2.19. The molecular weight excluding hydrogens is 330 g/mol. The summed E-state index contributed by atoms with van der Waals surface area (Å²) < 4.78 is 1.92. The van der Waals surface area contributed by atoms with Gasteiger partial charge in [-0.25, -0.2) is 0 Å². The van der Waals surface area contributed by atoms with E-state index in [0.717, 1.165) is 35.3 Å². The number of nitrogens with one attached hydrogen (secondary N) is 1. The Bertz CT molecular complexity index is 929. The minimum absolute atomic E-state index is 0.0756. The Morgan fingerprint density at radius 1 is 1.35 bits per heavy atom. The number of carbonyl (C=O) groups excluding carboxylic acids is 1. The van der Waals surface area contributed by atoms with Crippen molar-refractivity contribution in [3.8, 4) is 0 Å². The zero-order chi connectivity index (χ0) is 18.1. The van der Waals surface area contributed by atoms with E-state index in [-0.39, 0.29) is 5.91 Å². The molecule has 0 saturated carbocycles. The van der Waals surface area contributed by atoms with E-state index in [1.807, 2.05) is 46.8 Å². The maximum Gasteiger partial charge on any atom is 0.228 e. The average Bonchev–Trinajstić information content (AvgIpc) is 3.19. The Morgan fingerprint density at radius 2 is 2.19 bits per heavy atom. The number of carbonyl (C=O) groups is 1. The molecule has 2 N–H and O–H groups in total. The predicted octanol–water partition coefficient (Wildman–Crippen LogP) is 2.18. The molecule has 1 amide bonds. The van der Waals surface area contributed by atoms with Gasteiger partial charge in [-0.1, -0.05) is 25.1 Å². The van der Waals surface area contributed by atoms with E-state index >= 15 is 0 Å². The first-order chi connectivity index (χ1) is 12.7. The molecule has 0 bridgehead atoms.